The number of fused-ring (bicyclic) bond motifs is 1. The van der Waals surface area contributed by atoms with Gasteiger partial charge in [0.15, 0.2) is 5.58 Å². The van der Waals surface area contributed by atoms with Crippen LogP contribution in [0, 0.1) is 0 Å². The van der Waals surface area contributed by atoms with E-state index in [4.69, 9.17) is 21.8 Å². The van der Waals surface area contributed by atoms with E-state index in [9.17, 15) is 4.79 Å². The van der Waals surface area contributed by atoms with Crippen LogP contribution in [-0.4, -0.2) is 10.9 Å². The molecule has 0 aliphatic rings. The van der Waals surface area contributed by atoms with Crippen molar-refractivity contribution in [2.75, 3.05) is 0 Å². The molecule has 0 fully saturated rings. The monoisotopic (exact) mass is 196 g/mol. The summed E-state index contributed by atoms with van der Waals surface area (Å²) in [5, 5.41) is 0.00343. The van der Waals surface area contributed by atoms with Gasteiger partial charge in [-0.3, -0.25) is 4.79 Å². The lowest BCUT2D eigenvalue weighted by Crippen LogP contribution is -2.10. The highest BCUT2D eigenvalue weighted by molar-refractivity contribution is 6.28. The summed E-state index contributed by atoms with van der Waals surface area (Å²) in [6, 6.07) is 4.92. The van der Waals surface area contributed by atoms with E-state index in [2.05, 4.69) is 4.98 Å². The summed E-state index contributed by atoms with van der Waals surface area (Å²) in [4.78, 5) is 14.8. The van der Waals surface area contributed by atoms with E-state index in [1.54, 1.807) is 18.2 Å². The summed E-state index contributed by atoms with van der Waals surface area (Å²) < 4.78 is 5.01. The summed E-state index contributed by atoms with van der Waals surface area (Å²) in [7, 11) is 0. The third-order valence-electron chi connectivity index (χ3n) is 1.65. The van der Waals surface area contributed by atoms with E-state index in [1.165, 1.54) is 0 Å². The zero-order valence-corrected chi connectivity index (χ0v) is 7.21. The Morgan fingerprint density at radius 2 is 2.31 bits per heavy atom. The van der Waals surface area contributed by atoms with E-state index in [0.717, 1.165) is 0 Å². The van der Waals surface area contributed by atoms with E-state index < -0.39 is 5.91 Å². The first-order valence-corrected chi connectivity index (χ1v) is 3.91. The first kappa shape index (κ1) is 8.07. The molecule has 13 heavy (non-hydrogen) atoms. The number of primary amides is 1. The number of amides is 1. The fourth-order valence-electron chi connectivity index (χ4n) is 1.12. The highest BCUT2D eigenvalue weighted by atomic mass is 35.5. The molecule has 2 rings (SSSR count). The molecule has 0 aliphatic heterocycles. The number of aromatic nitrogens is 1. The third kappa shape index (κ3) is 1.25. The van der Waals surface area contributed by atoms with Crippen LogP contribution < -0.4 is 5.73 Å². The number of oxazole rings is 1. The molecule has 4 nitrogen and oxygen atoms in total. The molecule has 0 spiro atoms. The maximum Gasteiger partial charge on any atom is 0.293 e. The van der Waals surface area contributed by atoms with Gasteiger partial charge in [-0.25, -0.2) is 0 Å². The Morgan fingerprint density at radius 3 is 3.00 bits per heavy atom. The smallest absolute Gasteiger partial charge is 0.293 e. The standard InChI is InChI=1S/C8H5ClN2O2/c9-8-11-5-3-1-2-4(7(10)12)6(5)13-8/h1-3H,(H2,10,12). The van der Waals surface area contributed by atoms with Gasteiger partial charge in [-0.1, -0.05) is 6.07 Å². The van der Waals surface area contributed by atoms with Crippen molar-refractivity contribution in [3.05, 3.63) is 29.1 Å². The number of benzene rings is 1. The molecule has 0 radical (unpaired) electrons. The van der Waals surface area contributed by atoms with Crippen LogP contribution in [0.2, 0.25) is 5.35 Å². The number of para-hydroxylation sites is 1. The first-order valence-electron chi connectivity index (χ1n) is 3.53. The van der Waals surface area contributed by atoms with E-state index >= 15 is 0 Å². The lowest BCUT2D eigenvalue weighted by atomic mass is 10.2. The molecule has 2 aromatic rings. The fourth-order valence-corrected chi connectivity index (χ4v) is 1.28. The van der Waals surface area contributed by atoms with Crippen LogP contribution in [0.25, 0.3) is 11.1 Å². The summed E-state index contributed by atoms with van der Waals surface area (Å²) >= 11 is 5.53. The molecular formula is C8H5ClN2O2. The second-order valence-electron chi connectivity index (χ2n) is 2.48. The van der Waals surface area contributed by atoms with Crippen LogP contribution in [0.1, 0.15) is 10.4 Å². The average Bonchev–Trinajstić information content (AvgIpc) is 2.43. The normalized spacial score (nSPS) is 10.5. The van der Waals surface area contributed by atoms with Crippen LogP contribution in [0.3, 0.4) is 0 Å². The Hall–Kier alpha value is -1.55. The average molecular weight is 197 g/mol. The second-order valence-corrected chi connectivity index (χ2v) is 2.81. The van der Waals surface area contributed by atoms with Crippen molar-refractivity contribution in [3.63, 3.8) is 0 Å². The molecule has 1 aromatic carbocycles. The van der Waals surface area contributed by atoms with Gasteiger partial charge in [0, 0.05) is 0 Å². The molecule has 0 aliphatic carbocycles. The van der Waals surface area contributed by atoms with Crippen LogP contribution in [0.4, 0.5) is 0 Å². The highest BCUT2D eigenvalue weighted by Crippen LogP contribution is 2.21. The van der Waals surface area contributed by atoms with Gasteiger partial charge in [0.2, 0.25) is 0 Å². The molecule has 0 atom stereocenters. The SMILES string of the molecule is NC(=O)c1cccc2nc(Cl)oc12. The van der Waals surface area contributed by atoms with Crippen molar-refractivity contribution in [2.24, 2.45) is 5.73 Å². The van der Waals surface area contributed by atoms with Gasteiger partial charge in [0.1, 0.15) is 5.52 Å². The van der Waals surface area contributed by atoms with Crippen molar-refractivity contribution in [2.45, 2.75) is 0 Å². The van der Waals surface area contributed by atoms with Crippen LogP contribution >= 0.6 is 11.6 Å². The van der Waals surface area contributed by atoms with Gasteiger partial charge in [0.05, 0.1) is 5.56 Å². The second kappa shape index (κ2) is 2.74. The molecule has 1 amide bonds. The summed E-state index contributed by atoms with van der Waals surface area (Å²) in [6.45, 7) is 0. The zero-order chi connectivity index (χ0) is 9.42. The Bertz CT molecular complexity index is 478. The zero-order valence-electron chi connectivity index (χ0n) is 6.45. The number of nitrogens with two attached hydrogens (primary N) is 1. The van der Waals surface area contributed by atoms with Gasteiger partial charge in [-0.05, 0) is 23.7 Å². The Kier molecular flexibility index (Phi) is 1.70. The predicted octanol–water partition coefficient (Wildman–Crippen LogP) is 1.58. The molecule has 2 N–H and O–H groups in total. The van der Waals surface area contributed by atoms with Crippen LogP contribution in [-0.2, 0) is 0 Å². The lowest BCUT2D eigenvalue weighted by Gasteiger charge is -1.93. The molecule has 66 valence electrons. The molecular weight excluding hydrogens is 192 g/mol. The number of rotatable bonds is 1. The number of carbonyl (C=O) groups is 1. The molecule has 0 bridgehead atoms. The van der Waals surface area contributed by atoms with Crippen molar-refractivity contribution >= 4 is 28.6 Å². The minimum absolute atomic E-state index is 0.00343. The molecule has 1 aromatic heterocycles. The Balaban J connectivity index is 2.82. The highest BCUT2D eigenvalue weighted by Gasteiger charge is 2.11. The number of hydrogen-bond donors (Lipinski definition) is 1. The quantitative estimate of drug-likeness (QED) is 0.753. The van der Waals surface area contributed by atoms with Crippen LogP contribution in [0.15, 0.2) is 22.6 Å². The Labute approximate surface area is 78.3 Å². The van der Waals surface area contributed by atoms with Gasteiger partial charge in [0.25, 0.3) is 11.3 Å². The summed E-state index contributed by atoms with van der Waals surface area (Å²) in [5.74, 6) is -0.557. The molecule has 0 saturated heterocycles. The largest absolute Gasteiger partial charge is 0.427 e. The number of hydrogen-bond acceptors (Lipinski definition) is 3. The van der Waals surface area contributed by atoms with Crippen molar-refractivity contribution < 1.29 is 9.21 Å². The maximum atomic E-state index is 10.9. The molecule has 0 saturated carbocycles. The van der Waals surface area contributed by atoms with Crippen molar-refractivity contribution in [3.8, 4) is 0 Å². The summed E-state index contributed by atoms with van der Waals surface area (Å²) in [6.07, 6.45) is 0. The summed E-state index contributed by atoms with van der Waals surface area (Å²) in [5.41, 5.74) is 6.27. The van der Waals surface area contributed by atoms with E-state index in [0.29, 0.717) is 11.1 Å². The molecule has 0 unspecified atom stereocenters. The number of nitrogens with zero attached hydrogens (tertiary/aromatic N) is 1. The van der Waals surface area contributed by atoms with Gasteiger partial charge >= 0.3 is 0 Å². The van der Waals surface area contributed by atoms with Crippen molar-refractivity contribution in [1.29, 1.82) is 0 Å². The maximum absolute atomic E-state index is 10.9. The number of carbonyl (C=O) groups excluding carboxylic acids is 1. The van der Waals surface area contributed by atoms with Crippen LogP contribution in [0.5, 0.6) is 0 Å². The Morgan fingerprint density at radius 1 is 1.54 bits per heavy atom. The fraction of sp³-hybridized carbons (Fsp3) is 0. The van der Waals surface area contributed by atoms with Gasteiger partial charge in [-0.2, -0.15) is 4.98 Å². The first-order chi connectivity index (χ1) is 6.18. The van der Waals surface area contributed by atoms with E-state index in [-0.39, 0.29) is 10.9 Å². The minimum Gasteiger partial charge on any atom is -0.427 e. The minimum atomic E-state index is -0.557. The van der Waals surface area contributed by atoms with Crippen molar-refractivity contribution in [1.82, 2.24) is 4.98 Å². The van der Waals surface area contributed by atoms with Gasteiger partial charge in [-0.15, -0.1) is 0 Å². The van der Waals surface area contributed by atoms with Gasteiger partial charge < -0.3 is 10.2 Å². The predicted molar refractivity (Wildman–Crippen MR) is 47.5 cm³/mol. The van der Waals surface area contributed by atoms with E-state index in [1.807, 2.05) is 0 Å². The molecule has 5 heteroatoms. The number of halogens is 1. The lowest BCUT2D eigenvalue weighted by molar-refractivity contribution is 0.100. The topological polar surface area (TPSA) is 69.1 Å². The third-order valence-corrected chi connectivity index (χ3v) is 1.82. The molecule has 1 heterocycles.